The lowest BCUT2D eigenvalue weighted by molar-refractivity contribution is 0.218. The zero-order valence-corrected chi connectivity index (χ0v) is 22.1. The van der Waals surface area contributed by atoms with E-state index in [2.05, 4.69) is 88.6 Å². The summed E-state index contributed by atoms with van der Waals surface area (Å²) in [5.41, 5.74) is 11.0. The Hall–Kier alpha value is -1.90. The summed E-state index contributed by atoms with van der Waals surface area (Å²) in [5, 5.41) is 0. The molecule has 0 saturated heterocycles. The Labute approximate surface area is 203 Å². The maximum Gasteiger partial charge on any atom is 0.130 e. The molecule has 4 rings (SSSR count). The first-order valence-corrected chi connectivity index (χ1v) is 13.5. The quantitative estimate of drug-likeness (QED) is 0.451. The molecule has 5 atom stereocenters. The largest absolute Gasteiger partial charge is 0.402 e. The summed E-state index contributed by atoms with van der Waals surface area (Å²) in [5.74, 6) is 5.35. The predicted molar refractivity (Wildman–Crippen MR) is 141 cm³/mol. The molecule has 0 saturated carbocycles. The number of rotatable bonds is 5. The Balaban J connectivity index is 1.70. The van der Waals surface area contributed by atoms with Gasteiger partial charge < -0.3 is 15.5 Å². The van der Waals surface area contributed by atoms with Crippen molar-refractivity contribution in [3.63, 3.8) is 0 Å². The first kappa shape index (κ1) is 24.2. The molecule has 0 radical (unpaired) electrons. The van der Waals surface area contributed by atoms with Crippen molar-refractivity contribution in [2.24, 2.45) is 41.2 Å². The van der Waals surface area contributed by atoms with Crippen molar-refractivity contribution in [2.45, 2.75) is 92.7 Å². The molecule has 0 aromatic heterocycles. The van der Waals surface area contributed by atoms with E-state index in [0.29, 0.717) is 41.7 Å². The average molecular weight is 450 g/mol. The molecule has 1 aliphatic heterocycles. The number of nitrogens with zero attached hydrogens (tertiary/aromatic N) is 2. The van der Waals surface area contributed by atoms with Gasteiger partial charge in [-0.15, -0.1) is 0 Å². The third kappa shape index (κ3) is 4.57. The molecular weight excluding hydrogens is 402 g/mol. The molecule has 182 valence electrons. The molecule has 0 amide bonds. The van der Waals surface area contributed by atoms with Crippen molar-refractivity contribution in [1.82, 2.24) is 9.80 Å². The van der Waals surface area contributed by atoms with Gasteiger partial charge in [-0.05, 0) is 73.2 Å². The Kier molecular flexibility index (Phi) is 7.17. The second-order valence-corrected chi connectivity index (χ2v) is 11.9. The summed E-state index contributed by atoms with van der Waals surface area (Å²) in [6.07, 6.45) is 20.0. The maximum atomic E-state index is 6.43. The lowest BCUT2D eigenvalue weighted by Crippen LogP contribution is -2.39. The van der Waals surface area contributed by atoms with E-state index in [1.54, 1.807) is 5.70 Å². The molecule has 0 aromatic carbocycles. The summed E-state index contributed by atoms with van der Waals surface area (Å²) in [6.45, 7) is 16.5. The molecule has 0 fully saturated rings. The van der Waals surface area contributed by atoms with E-state index >= 15 is 0 Å². The molecule has 3 nitrogen and oxygen atoms in total. The van der Waals surface area contributed by atoms with E-state index in [1.165, 1.54) is 36.4 Å². The summed E-state index contributed by atoms with van der Waals surface area (Å²) in [6, 6.07) is 0.774. The van der Waals surface area contributed by atoms with Crippen molar-refractivity contribution >= 4 is 0 Å². The fraction of sp³-hybridized carbons (Fsp3) is 0.667. The molecule has 4 aliphatic rings. The molecule has 3 heteroatoms. The van der Waals surface area contributed by atoms with Crippen LogP contribution in [0.5, 0.6) is 0 Å². The van der Waals surface area contributed by atoms with Crippen LogP contribution >= 0.6 is 0 Å². The van der Waals surface area contributed by atoms with E-state index in [1.807, 2.05) is 6.20 Å². The van der Waals surface area contributed by atoms with Gasteiger partial charge in [-0.1, -0.05) is 78.8 Å². The molecule has 0 aromatic rings. The number of hydrogen-bond donors (Lipinski definition) is 1. The van der Waals surface area contributed by atoms with Crippen LogP contribution < -0.4 is 5.73 Å². The fourth-order valence-electron chi connectivity index (χ4n) is 6.62. The van der Waals surface area contributed by atoms with E-state index in [-0.39, 0.29) is 0 Å². The van der Waals surface area contributed by atoms with E-state index in [9.17, 15) is 0 Å². The molecule has 33 heavy (non-hydrogen) atoms. The third-order valence-electron chi connectivity index (χ3n) is 8.76. The van der Waals surface area contributed by atoms with Crippen LogP contribution in [0, 0.1) is 35.5 Å². The van der Waals surface area contributed by atoms with Crippen LogP contribution in [0.1, 0.15) is 80.6 Å². The van der Waals surface area contributed by atoms with Crippen molar-refractivity contribution in [1.29, 1.82) is 0 Å². The smallest absolute Gasteiger partial charge is 0.130 e. The lowest BCUT2D eigenvalue weighted by Gasteiger charge is -2.38. The van der Waals surface area contributed by atoms with Crippen LogP contribution in [0.3, 0.4) is 0 Å². The Morgan fingerprint density at radius 1 is 0.879 bits per heavy atom. The van der Waals surface area contributed by atoms with Gasteiger partial charge in [0.15, 0.2) is 0 Å². The summed E-state index contributed by atoms with van der Waals surface area (Å²) in [7, 11) is 0. The molecule has 0 unspecified atom stereocenters. The van der Waals surface area contributed by atoms with Crippen molar-refractivity contribution in [3.05, 3.63) is 59.4 Å². The molecule has 1 heterocycles. The highest BCUT2D eigenvalue weighted by Gasteiger charge is 2.45. The van der Waals surface area contributed by atoms with Gasteiger partial charge in [-0.25, -0.2) is 0 Å². The highest BCUT2D eigenvalue weighted by molar-refractivity contribution is 5.38. The third-order valence-corrected chi connectivity index (χ3v) is 8.76. The van der Waals surface area contributed by atoms with Crippen LogP contribution in [0.25, 0.3) is 0 Å². The second kappa shape index (κ2) is 9.76. The molecule has 3 aliphatic carbocycles. The summed E-state index contributed by atoms with van der Waals surface area (Å²) < 4.78 is 0. The Bertz CT molecular complexity index is 869. The lowest BCUT2D eigenvalue weighted by atomic mass is 9.74. The summed E-state index contributed by atoms with van der Waals surface area (Å²) in [4.78, 5) is 5.24. The van der Waals surface area contributed by atoms with Crippen molar-refractivity contribution in [3.8, 4) is 0 Å². The fourth-order valence-corrected chi connectivity index (χ4v) is 6.62. The minimum absolute atomic E-state index is 0.357. The van der Waals surface area contributed by atoms with Crippen LogP contribution in [0.15, 0.2) is 59.4 Å². The molecular formula is C30H47N3. The standard InChI is InChI=1S/C30H47N3/c1-19(2)23-8-12-25(13-9-23)32-28-16-22(7)27(21(5)6)17-29(28)33(30(32)18-31)26-14-10-24(11-15-26)20(3)4/h8-10,12,14,18-22,24-27H,11,13,15-17,31H2,1-7H3/b30-18-/t22-,24+,25-,26-,27-/m0/s1. The van der Waals surface area contributed by atoms with E-state index in [0.717, 1.165) is 18.8 Å². The SMILES string of the molecule is CC(C)C1=CC[C@@H](N2C3=C(C[C@@H](C(C)C)[C@@H](C)C3)N([C@H]3C=C[C@@H](C(C)C)CC3)/C2=C\N)C=C1. The molecule has 0 spiro atoms. The highest BCUT2D eigenvalue weighted by atomic mass is 15.4. The van der Waals surface area contributed by atoms with Crippen LogP contribution in [-0.2, 0) is 0 Å². The monoisotopic (exact) mass is 449 g/mol. The van der Waals surface area contributed by atoms with E-state index < -0.39 is 0 Å². The number of allylic oxidation sites excluding steroid dienone is 5. The zero-order valence-electron chi connectivity index (χ0n) is 22.1. The predicted octanol–water partition coefficient (Wildman–Crippen LogP) is 7.18. The van der Waals surface area contributed by atoms with Crippen LogP contribution in [-0.4, -0.2) is 21.9 Å². The van der Waals surface area contributed by atoms with Gasteiger partial charge in [0.05, 0.1) is 12.1 Å². The number of nitrogens with two attached hydrogens (primary N) is 1. The first-order valence-electron chi connectivity index (χ1n) is 13.5. The van der Waals surface area contributed by atoms with Gasteiger partial charge in [0.2, 0.25) is 0 Å². The van der Waals surface area contributed by atoms with Gasteiger partial charge in [0.1, 0.15) is 5.82 Å². The van der Waals surface area contributed by atoms with Crippen LogP contribution in [0.2, 0.25) is 0 Å². The molecule has 0 bridgehead atoms. The highest BCUT2D eigenvalue weighted by Crippen LogP contribution is 2.50. The summed E-state index contributed by atoms with van der Waals surface area (Å²) >= 11 is 0. The Morgan fingerprint density at radius 2 is 1.58 bits per heavy atom. The maximum absolute atomic E-state index is 6.43. The van der Waals surface area contributed by atoms with Gasteiger partial charge in [-0.2, -0.15) is 0 Å². The van der Waals surface area contributed by atoms with E-state index in [4.69, 9.17) is 5.73 Å². The second-order valence-electron chi connectivity index (χ2n) is 11.9. The minimum Gasteiger partial charge on any atom is -0.402 e. The topological polar surface area (TPSA) is 32.5 Å². The minimum atomic E-state index is 0.357. The van der Waals surface area contributed by atoms with Gasteiger partial charge in [-0.3, -0.25) is 0 Å². The molecule has 2 N–H and O–H groups in total. The van der Waals surface area contributed by atoms with Crippen molar-refractivity contribution in [2.75, 3.05) is 0 Å². The van der Waals surface area contributed by atoms with Gasteiger partial charge in [0.25, 0.3) is 0 Å². The number of hydrogen-bond acceptors (Lipinski definition) is 3. The van der Waals surface area contributed by atoms with Gasteiger partial charge >= 0.3 is 0 Å². The van der Waals surface area contributed by atoms with Gasteiger partial charge in [0, 0.05) is 17.6 Å². The van der Waals surface area contributed by atoms with Crippen molar-refractivity contribution < 1.29 is 0 Å². The zero-order chi connectivity index (χ0) is 23.9. The van der Waals surface area contributed by atoms with Crippen LogP contribution in [0.4, 0.5) is 0 Å². The normalized spacial score (nSPS) is 33.7. The average Bonchev–Trinajstić information content (AvgIpc) is 3.11. The first-order chi connectivity index (χ1) is 15.7. The Morgan fingerprint density at radius 3 is 2.09 bits per heavy atom.